The number of rotatable bonds is 6. The molecule has 6 nitrogen and oxygen atoms in total. The van der Waals surface area contributed by atoms with Gasteiger partial charge in [0.05, 0.1) is 6.20 Å². The summed E-state index contributed by atoms with van der Waals surface area (Å²) in [6.45, 7) is 4.72. The smallest absolute Gasteiger partial charge is 0.247 e. The molecule has 0 spiro atoms. The van der Waals surface area contributed by atoms with Crippen LogP contribution in [-0.2, 0) is 0 Å². The molecule has 1 fully saturated rings. The predicted molar refractivity (Wildman–Crippen MR) is 114 cm³/mol. The quantitative estimate of drug-likeness (QED) is 0.715. The van der Waals surface area contributed by atoms with Crippen molar-refractivity contribution in [1.82, 2.24) is 20.1 Å². The Morgan fingerprint density at radius 3 is 2.36 bits per heavy atom. The summed E-state index contributed by atoms with van der Waals surface area (Å²) in [7, 11) is 0. The standard InChI is InChI=1S/C22H24N6/c1-3-8-19(9-4-1)10-7-13-27-14-16-28(17-15-27)22-25-21(18-23-26-22)24-20-11-5-2-6-12-20/h1-12,18H,13-17H2,(H,24,25,26)/b10-7+. The van der Waals surface area contributed by atoms with Crippen LogP contribution in [0.4, 0.5) is 17.5 Å². The van der Waals surface area contributed by atoms with Crippen LogP contribution in [0, 0.1) is 0 Å². The number of piperazine rings is 1. The second-order valence-electron chi connectivity index (χ2n) is 6.73. The minimum absolute atomic E-state index is 0.681. The zero-order valence-electron chi connectivity index (χ0n) is 15.8. The Balaban J connectivity index is 1.30. The molecule has 0 unspecified atom stereocenters. The number of anilines is 3. The number of hydrogen-bond donors (Lipinski definition) is 1. The summed E-state index contributed by atoms with van der Waals surface area (Å²) >= 11 is 0. The van der Waals surface area contributed by atoms with Crippen molar-refractivity contribution in [3.63, 3.8) is 0 Å². The van der Waals surface area contributed by atoms with Crippen molar-refractivity contribution >= 4 is 23.5 Å². The molecule has 1 aliphatic heterocycles. The molecule has 0 radical (unpaired) electrons. The molecule has 1 aromatic heterocycles. The van der Waals surface area contributed by atoms with Gasteiger partial charge < -0.3 is 10.2 Å². The zero-order chi connectivity index (χ0) is 19.0. The van der Waals surface area contributed by atoms with E-state index in [0.717, 1.165) is 38.4 Å². The SMILES string of the molecule is C(=C\c1ccccc1)/CN1CCN(c2nncc(Nc3ccccc3)n2)CC1. The number of nitrogens with zero attached hydrogens (tertiary/aromatic N) is 5. The van der Waals surface area contributed by atoms with E-state index in [0.29, 0.717) is 11.8 Å². The summed E-state index contributed by atoms with van der Waals surface area (Å²) in [4.78, 5) is 9.26. The van der Waals surface area contributed by atoms with Gasteiger partial charge in [-0.05, 0) is 17.7 Å². The average Bonchev–Trinajstić information content (AvgIpc) is 2.76. The lowest BCUT2D eigenvalue weighted by Crippen LogP contribution is -2.47. The van der Waals surface area contributed by atoms with Gasteiger partial charge in [0.2, 0.25) is 5.95 Å². The van der Waals surface area contributed by atoms with Crippen LogP contribution in [0.15, 0.2) is 72.9 Å². The number of hydrogen-bond acceptors (Lipinski definition) is 6. The third-order valence-electron chi connectivity index (χ3n) is 4.72. The van der Waals surface area contributed by atoms with Crippen molar-refractivity contribution in [3.05, 3.63) is 78.5 Å². The van der Waals surface area contributed by atoms with Gasteiger partial charge in [0.1, 0.15) is 0 Å². The summed E-state index contributed by atoms with van der Waals surface area (Å²) in [6.07, 6.45) is 6.06. The van der Waals surface area contributed by atoms with Crippen LogP contribution in [0.25, 0.3) is 6.08 Å². The maximum Gasteiger partial charge on any atom is 0.247 e. The number of nitrogens with one attached hydrogen (secondary N) is 1. The molecule has 2 heterocycles. The van der Waals surface area contributed by atoms with Crippen molar-refractivity contribution in [3.8, 4) is 0 Å². The summed E-state index contributed by atoms with van der Waals surface area (Å²) in [6, 6.07) is 20.4. The minimum Gasteiger partial charge on any atom is -0.339 e. The lowest BCUT2D eigenvalue weighted by molar-refractivity contribution is 0.282. The molecule has 4 rings (SSSR count). The van der Waals surface area contributed by atoms with Gasteiger partial charge in [-0.2, -0.15) is 10.1 Å². The van der Waals surface area contributed by atoms with Crippen molar-refractivity contribution in [2.75, 3.05) is 42.9 Å². The van der Waals surface area contributed by atoms with Crippen LogP contribution in [-0.4, -0.2) is 52.8 Å². The van der Waals surface area contributed by atoms with Crippen molar-refractivity contribution in [2.45, 2.75) is 0 Å². The largest absolute Gasteiger partial charge is 0.339 e. The van der Waals surface area contributed by atoms with Crippen molar-refractivity contribution < 1.29 is 0 Å². The fourth-order valence-electron chi connectivity index (χ4n) is 3.19. The van der Waals surface area contributed by atoms with E-state index in [4.69, 9.17) is 0 Å². The highest BCUT2D eigenvalue weighted by Gasteiger charge is 2.18. The van der Waals surface area contributed by atoms with E-state index in [1.807, 2.05) is 36.4 Å². The summed E-state index contributed by atoms with van der Waals surface area (Å²) in [5.41, 5.74) is 2.23. The van der Waals surface area contributed by atoms with E-state index >= 15 is 0 Å². The molecular formula is C22H24N6. The molecular weight excluding hydrogens is 348 g/mol. The third-order valence-corrected chi connectivity index (χ3v) is 4.72. The topological polar surface area (TPSA) is 57.2 Å². The molecule has 1 aliphatic rings. The Labute approximate surface area is 165 Å². The van der Waals surface area contributed by atoms with Crippen LogP contribution in [0.3, 0.4) is 0 Å². The van der Waals surface area contributed by atoms with Crippen molar-refractivity contribution in [1.29, 1.82) is 0 Å². The number of para-hydroxylation sites is 1. The zero-order valence-corrected chi connectivity index (χ0v) is 15.8. The Hall–Kier alpha value is -3.25. The van der Waals surface area contributed by atoms with Crippen molar-refractivity contribution in [2.24, 2.45) is 0 Å². The fraction of sp³-hybridized carbons (Fsp3) is 0.227. The first-order valence-electron chi connectivity index (χ1n) is 9.57. The molecule has 142 valence electrons. The lowest BCUT2D eigenvalue weighted by Gasteiger charge is -2.33. The number of aromatic nitrogens is 3. The van der Waals surface area contributed by atoms with E-state index in [1.54, 1.807) is 6.20 Å². The Morgan fingerprint density at radius 2 is 1.61 bits per heavy atom. The summed E-state index contributed by atoms with van der Waals surface area (Å²) in [5.74, 6) is 1.39. The Morgan fingerprint density at radius 1 is 0.893 bits per heavy atom. The normalized spacial score (nSPS) is 15.1. The van der Waals surface area contributed by atoms with Crippen LogP contribution in [0.5, 0.6) is 0 Å². The van der Waals surface area contributed by atoms with Crippen LogP contribution < -0.4 is 10.2 Å². The van der Waals surface area contributed by atoms with E-state index in [2.05, 4.69) is 66.7 Å². The Kier molecular flexibility index (Phi) is 5.89. The molecule has 0 aliphatic carbocycles. The van der Waals surface area contributed by atoms with Gasteiger partial charge >= 0.3 is 0 Å². The fourth-order valence-corrected chi connectivity index (χ4v) is 3.19. The van der Waals surface area contributed by atoms with Crippen LogP contribution in [0.2, 0.25) is 0 Å². The molecule has 1 N–H and O–H groups in total. The van der Waals surface area contributed by atoms with Crippen LogP contribution >= 0.6 is 0 Å². The molecule has 0 atom stereocenters. The van der Waals surface area contributed by atoms with Gasteiger partial charge in [0.15, 0.2) is 5.82 Å². The van der Waals surface area contributed by atoms with Gasteiger partial charge in [-0.1, -0.05) is 60.7 Å². The van der Waals surface area contributed by atoms with E-state index < -0.39 is 0 Å². The van der Waals surface area contributed by atoms with Crippen LogP contribution in [0.1, 0.15) is 5.56 Å². The first-order valence-corrected chi connectivity index (χ1v) is 9.57. The lowest BCUT2D eigenvalue weighted by atomic mass is 10.2. The van der Waals surface area contributed by atoms with E-state index in [9.17, 15) is 0 Å². The predicted octanol–water partition coefficient (Wildman–Crippen LogP) is 3.45. The highest BCUT2D eigenvalue weighted by molar-refractivity contribution is 5.56. The average molecular weight is 372 g/mol. The third kappa shape index (κ3) is 4.92. The van der Waals surface area contributed by atoms with Gasteiger partial charge in [0.25, 0.3) is 0 Å². The highest BCUT2D eigenvalue weighted by atomic mass is 15.4. The Bertz CT molecular complexity index is 889. The molecule has 1 saturated heterocycles. The highest BCUT2D eigenvalue weighted by Crippen LogP contribution is 2.16. The molecule has 6 heteroatoms. The first-order chi connectivity index (χ1) is 13.9. The summed E-state index contributed by atoms with van der Waals surface area (Å²) < 4.78 is 0. The molecule has 0 saturated carbocycles. The molecule has 3 aromatic rings. The second-order valence-corrected chi connectivity index (χ2v) is 6.73. The van der Waals surface area contributed by atoms with Gasteiger partial charge in [-0.25, -0.2) is 0 Å². The molecule has 28 heavy (non-hydrogen) atoms. The number of benzene rings is 2. The second kappa shape index (κ2) is 9.10. The van der Waals surface area contributed by atoms with E-state index in [-0.39, 0.29) is 0 Å². The summed E-state index contributed by atoms with van der Waals surface area (Å²) in [5, 5.41) is 11.6. The molecule has 0 bridgehead atoms. The maximum absolute atomic E-state index is 4.63. The van der Waals surface area contributed by atoms with Gasteiger partial charge in [0, 0.05) is 38.4 Å². The monoisotopic (exact) mass is 372 g/mol. The minimum atomic E-state index is 0.681. The maximum atomic E-state index is 4.63. The molecule has 0 amide bonds. The first kappa shape index (κ1) is 18.1. The van der Waals surface area contributed by atoms with E-state index in [1.165, 1.54) is 5.56 Å². The van der Waals surface area contributed by atoms with Gasteiger partial charge in [-0.15, -0.1) is 5.10 Å². The molecule has 2 aromatic carbocycles. The van der Waals surface area contributed by atoms with Gasteiger partial charge in [-0.3, -0.25) is 4.90 Å².